The Balaban J connectivity index is 3.21. The van der Waals surface area contributed by atoms with Crippen LogP contribution in [0.4, 0.5) is 4.79 Å². The van der Waals surface area contributed by atoms with E-state index in [4.69, 9.17) is 4.74 Å². The number of hydrogen-bond acceptors (Lipinski definition) is 3. The highest BCUT2D eigenvalue weighted by Crippen LogP contribution is 1.90. The summed E-state index contributed by atoms with van der Waals surface area (Å²) in [5.41, 5.74) is 0. The molecule has 1 amide bonds. The van der Waals surface area contributed by atoms with Gasteiger partial charge >= 0.3 is 6.09 Å². The van der Waals surface area contributed by atoms with E-state index in [1.165, 1.54) is 0 Å². The van der Waals surface area contributed by atoms with E-state index in [9.17, 15) is 4.79 Å². The van der Waals surface area contributed by atoms with E-state index in [1.54, 1.807) is 0 Å². The van der Waals surface area contributed by atoms with Gasteiger partial charge in [0.15, 0.2) is 0 Å². The van der Waals surface area contributed by atoms with E-state index in [1.807, 2.05) is 0 Å². The molecule has 0 atom stereocenters. The zero-order valence-electron chi connectivity index (χ0n) is 11.0. The van der Waals surface area contributed by atoms with Crippen molar-refractivity contribution in [3.05, 3.63) is 0 Å². The summed E-state index contributed by atoms with van der Waals surface area (Å²) in [4.78, 5) is 11.1. The van der Waals surface area contributed by atoms with Crippen LogP contribution in [0.5, 0.6) is 0 Å². The molecule has 0 saturated carbocycles. The van der Waals surface area contributed by atoms with Crippen LogP contribution in [0, 0.1) is 11.8 Å². The van der Waals surface area contributed by atoms with Gasteiger partial charge in [-0.3, -0.25) is 0 Å². The van der Waals surface area contributed by atoms with Crippen molar-refractivity contribution in [2.45, 2.75) is 34.1 Å². The molecule has 0 bridgehead atoms. The summed E-state index contributed by atoms with van der Waals surface area (Å²) in [5.74, 6) is 1.12. The maximum absolute atomic E-state index is 11.1. The van der Waals surface area contributed by atoms with Gasteiger partial charge in [-0.2, -0.15) is 0 Å². The standard InChI is InChI=1S/C12H26N2O2/c1-10(2)8-13-6-5-7-16-12(15)14-9-11(3)4/h10-11,13H,5-9H2,1-4H3,(H,14,15). The fourth-order valence-electron chi connectivity index (χ4n) is 1.09. The van der Waals surface area contributed by atoms with Crippen molar-refractivity contribution in [1.29, 1.82) is 0 Å². The van der Waals surface area contributed by atoms with Gasteiger partial charge in [-0.15, -0.1) is 0 Å². The van der Waals surface area contributed by atoms with E-state index in [0.29, 0.717) is 25.0 Å². The van der Waals surface area contributed by atoms with Gasteiger partial charge in [0.2, 0.25) is 0 Å². The average Bonchev–Trinajstić information content (AvgIpc) is 2.19. The molecule has 0 aliphatic rings. The number of hydrogen-bond donors (Lipinski definition) is 2. The highest BCUT2D eigenvalue weighted by Gasteiger charge is 2.02. The molecule has 0 rings (SSSR count). The van der Waals surface area contributed by atoms with E-state index in [-0.39, 0.29) is 6.09 Å². The van der Waals surface area contributed by atoms with Gasteiger partial charge in [0.05, 0.1) is 6.61 Å². The number of rotatable bonds is 8. The lowest BCUT2D eigenvalue weighted by Gasteiger charge is -2.09. The Morgan fingerprint density at radius 2 is 1.75 bits per heavy atom. The van der Waals surface area contributed by atoms with Gasteiger partial charge < -0.3 is 15.4 Å². The minimum Gasteiger partial charge on any atom is -0.450 e. The minimum absolute atomic E-state index is 0.308. The topological polar surface area (TPSA) is 50.4 Å². The largest absolute Gasteiger partial charge is 0.450 e. The molecule has 0 fully saturated rings. The van der Waals surface area contributed by atoms with Crippen molar-refractivity contribution in [1.82, 2.24) is 10.6 Å². The molecule has 0 saturated heterocycles. The number of amides is 1. The summed E-state index contributed by atoms with van der Waals surface area (Å²) in [6, 6.07) is 0. The van der Waals surface area contributed by atoms with E-state index < -0.39 is 0 Å². The Labute approximate surface area is 99.1 Å². The molecule has 0 spiro atoms. The summed E-state index contributed by atoms with van der Waals surface area (Å²) in [7, 11) is 0. The highest BCUT2D eigenvalue weighted by molar-refractivity contribution is 5.66. The highest BCUT2D eigenvalue weighted by atomic mass is 16.5. The first-order valence-electron chi connectivity index (χ1n) is 6.13. The summed E-state index contributed by atoms with van der Waals surface area (Å²) in [6.45, 7) is 11.5. The van der Waals surface area contributed by atoms with Crippen molar-refractivity contribution in [2.24, 2.45) is 11.8 Å². The first kappa shape index (κ1) is 15.2. The molecule has 2 N–H and O–H groups in total. The molecule has 0 radical (unpaired) electrons. The Kier molecular flexibility index (Phi) is 9.00. The monoisotopic (exact) mass is 230 g/mol. The lowest BCUT2D eigenvalue weighted by molar-refractivity contribution is 0.143. The zero-order chi connectivity index (χ0) is 12.4. The molecule has 0 aliphatic heterocycles. The maximum atomic E-state index is 11.1. The van der Waals surface area contributed by atoms with Crippen LogP contribution in [0.2, 0.25) is 0 Å². The van der Waals surface area contributed by atoms with Crippen molar-refractivity contribution in [3.8, 4) is 0 Å². The van der Waals surface area contributed by atoms with Crippen molar-refractivity contribution < 1.29 is 9.53 Å². The third-order valence-electron chi connectivity index (χ3n) is 1.94. The molecule has 4 nitrogen and oxygen atoms in total. The molecule has 96 valence electrons. The van der Waals surface area contributed by atoms with E-state index in [2.05, 4.69) is 38.3 Å². The molecule has 16 heavy (non-hydrogen) atoms. The first-order chi connectivity index (χ1) is 7.52. The van der Waals surface area contributed by atoms with Crippen molar-refractivity contribution in [2.75, 3.05) is 26.2 Å². The van der Waals surface area contributed by atoms with Crippen LogP contribution in [0.3, 0.4) is 0 Å². The van der Waals surface area contributed by atoms with Crippen LogP contribution in [0.1, 0.15) is 34.1 Å². The molecule has 0 aromatic heterocycles. The Morgan fingerprint density at radius 3 is 2.31 bits per heavy atom. The quantitative estimate of drug-likeness (QED) is 0.627. The van der Waals surface area contributed by atoms with E-state index in [0.717, 1.165) is 19.5 Å². The Hall–Kier alpha value is -0.770. The predicted molar refractivity (Wildman–Crippen MR) is 66.5 cm³/mol. The molecule has 4 heteroatoms. The summed E-state index contributed by atoms with van der Waals surface area (Å²) >= 11 is 0. The van der Waals surface area contributed by atoms with Crippen LogP contribution in [-0.2, 0) is 4.74 Å². The number of carbonyl (C=O) groups excluding carboxylic acids is 1. The van der Waals surface area contributed by atoms with Crippen molar-refractivity contribution in [3.63, 3.8) is 0 Å². The zero-order valence-corrected chi connectivity index (χ0v) is 11.0. The molecule has 0 aromatic rings. The lowest BCUT2D eigenvalue weighted by Crippen LogP contribution is -2.29. The Bertz CT molecular complexity index is 182. The molecule has 0 unspecified atom stereocenters. The number of nitrogens with one attached hydrogen (secondary N) is 2. The minimum atomic E-state index is -0.308. The molecule has 0 aromatic carbocycles. The fraction of sp³-hybridized carbons (Fsp3) is 0.917. The second-order valence-electron chi connectivity index (χ2n) is 4.86. The van der Waals surface area contributed by atoms with Crippen molar-refractivity contribution >= 4 is 6.09 Å². The summed E-state index contributed by atoms with van der Waals surface area (Å²) in [6.07, 6.45) is 0.555. The van der Waals surface area contributed by atoms with Crippen LogP contribution in [-0.4, -0.2) is 32.3 Å². The summed E-state index contributed by atoms with van der Waals surface area (Å²) in [5, 5.41) is 6.01. The molecule has 0 aliphatic carbocycles. The smallest absolute Gasteiger partial charge is 0.407 e. The molecular weight excluding hydrogens is 204 g/mol. The van der Waals surface area contributed by atoms with Crippen LogP contribution in [0.25, 0.3) is 0 Å². The number of alkyl carbamates (subject to hydrolysis) is 1. The number of ether oxygens (including phenoxy) is 1. The Morgan fingerprint density at radius 1 is 1.12 bits per heavy atom. The van der Waals surface area contributed by atoms with Gasteiger partial charge in [0.1, 0.15) is 0 Å². The van der Waals surface area contributed by atoms with E-state index >= 15 is 0 Å². The maximum Gasteiger partial charge on any atom is 0.407 e. The van der Waals surface area contributed by atoms with Gasteiger partial charge in [0.25, 0.3) is 0 Å². The lowest BCUT2D eigenvalue weighted by atomic mass is 10.2. The van der Waals surface area contributed by atoms with Gasteiger partial charge in [-0.05, 0) is 31.3 Å². The van der Waals surface area contributed by atoms with Crippen LogP contribution >= 0.6 is 0 Å². The fourth-order valence-corrected chi connectivity index (χ4v) is 1.09. The normalized spacial score (nSPS) is 10.9. The van der Waals surface area contributed by atoms with Crippen LogP contribution < -0.4 is 10.6 Å². The van der Waals surface area contributed by atoms with Crippen LogP contribution in [0.15, 0.2) is 0 Å². The molecular formula is C12H26N2O2. The van der Waals surface area contributed by atoms with Gasteiger partial charge in [-0.1, -0.05) is 27.7 Å². The molecule has 0 heterocycles. The van der Waals surface area contributed by atoms with Gasteiger partial charge in [0, 0.05) is 6.54 Å². The average molecular weight is 230 g/mol. The SMILES string of the molecule is CC(C)CNCCCOC(=O)NCC(C)C. The third kappa shape index (κ3) is 11.3. The summed E-state index contributed by atoms with van der Waals surface area (Å²) < 4.78 is 5.01. The van der Waals surface area contributed by atoms with Gasteiger partial charge in [-0.25, -0.2) is 4.79 Å². The third-order valence-corrected chi connectivity index (χ3v) is 1.94. The first-order valence-corrected chi connectivity index (χ1v) is 6.13. The predicted octanol–water partition coefficient (Wildman–Crippen LogP) is 2.00. The number of carbonyl (C=O) groups is 1. The second kappa shape index (κ2) is 9.46. The second-order valence-corrected chi connectivity index (χ2v) is 4.86.